The minimum absolute atomic E-state index is 0.00661. The highest BCUT2D eigenvalue weighted by Crippen LogP contribution is 2.43. The van der Waals surface area contributed by atoms with Crippen molar-refractivity contribution in [1.82, 2.24) is 15.3 Å². The first-order valence-corrected chi connectivity index (χ1v) is 11.1. The van der Waals surface area contributed by atoms with E-state index in [0.717, 1.165) is 24.3 Å². The number of methoxy groups -OCH3 is 1. The van der Waals surface area contributed by atoms with Gasteiger partial charge in [-0.15, -0.1) is 11.3 Å². The first-order valence-electron chi connectivity index (χ1n) is 10.3. The molecule has 0 saturated carbocycles. The normalized spacial score (nSPS) is 18.0. The molecule has 0 radical (unpaired) electrons. The maximum absolute atomic E-state index is 15.9. The van der Waals surface area contributed by atoms with Crippen molar-refractivity contribution < 1.29 is 18.3 Å². The summed E-state index contributed by atoms with van der Waals surface area (Å²) < 4.78 is 41.8. The lowest BCUT2D eigenvalue weighted by atomic mass is 9.97. The van der Waals surface area contributed by atoms with E-state index in [1.807, 2.05) is 13.0 Å². The molecule has 2 atom stereocenters. The molecule has 5 rings (SSSR count). The molecule has 1 aliphatic heterocycles. The summed E-state index contributed by atoms with van der Waals surface area (Å²) in [5.41, 5.74) is 6.57. The number of nitrogen functional groups attached to an aromatic ring is 1. The number of nitrogens with one attached hydrogen (secondary N) is 1. The van der Waals surface area contributed by atoms with Crippen molar-refractivity contribution in [3.8, 4) is 29.1 Å². The van der Waals surface area contributed by atoms with Crippen LogP contribution in [0.1, 0.15) is 18.9 Å². The van der Waals surface area contributed by atoms with Crippen LogP contribution < -0.4 is 20.5 Å². The smallest absolute Gasteiger partial charge is 0.320 e. The highest BCUT2D eigenvalue weighted by Gasteiger charge is 2.27. The molecule has 7 nitrogen and oxygen atoms in total. The Balaban J connectivity index is 1.73. The largest absolute Gasteiger partial charge is 0.472 e. The Kier molecular flexibility index (Phi) is 5.23. The van der Waals surface area contributed by atoms with Crippen LogP contribution in [0.4, 0.5) is 13.8 Å². The van der Waals surface area contributed by atoms with Crippen molar-refractivity contribution in [2.75, 3.05) is 19.4 Å². The van der Waals surface area contributed by atoms with Crippen LogP contribution in [0.15, 0.2) is 24.3 Å². The van der Waals surface area contributed by atoms with E-state index in [1.54, 1.807) is 12.1 Å². The second-order valence-electron chi connectivity index (χ2n) is 7.78. The Morgan fingerprint density at radius 1 is 1.21 bits per heavy atom. The van der Waals surface area contributed by atoms with Crippen LogP contribution in [-0.4, -0.2) is 35.8 Å². The standard InChI is InChI=1S/C23H19F2N5O2S/c1-10-16(7-8-28-10)32-22-13-4-3-12(18(25)19(13)29-23(30-22)31-2)11-5-6-15(24)20-17(11)14(9-26)21(27)33-20/h3-6,10,16,28H,7-8,27H2,1-2H3. The predicted octanol–water partition coefficient (Wildman–Crippen LogP) is 4.38. The van der Waals surface area contributed by atoms with Crippen LogP contribution in [0.25, 0.3) is 32.1 Å². The topological polar surface area (TPSA) is 106 Å². The summed E-state index contributed by atoms with van der Waals surface area (Å²) in [6, 6.07) is 7.98. The number of nitrogens with zero attached hydrogens (tertiary/aromatic N) is 3. The van der Waals surface area contributed by atoms with E-state index in [0.29, 0.717) is 10.9 Å². The number of rotatable bonds is 4. The van der Waals surface area contributed by atoms with Gasteiger partial charge in [0.25, 0.3) is 0 Å². The lowest BCUT2D eigenvalue weighted by Crippen LogP contribution is -2.31. The van der Waals surface area contributed by atoms with Crippen LogP contribution >= 0.6 is 11.3 Å². The molecule has 2 aromatic heterocycles. The summed E-state index contributed by atoms with van der Waals surface area (Å²) in [6.07, 6.45) is 0.666. The Bertz CT molecular complexity index is 1450. The van der Waals surface area contributed by atoms with Gasteiger partial charge in [0.05, 0.1) is 22.8 Å². The summed E-state index contributed by atoms with van der Waals surface area (Å²) in [7, 11) is 1.39. The van der Waals surface area contributed by atoms with Crippen molar-refractivity contribution in [3.05, 3.63) is 41.5 Å². The number of benzene rings is 2. The zero-order chi connectivity index (χ0) is 23.3. The van der Waals surface area contributed by atoms with E-state index in [2.05, 4.69) is 15.3 Å². The number of thiophene rings is 1. The minimum atomic E-state index is -0.655. The lowest BCUT2D eigenvalue weighted by molar-refractivity contribution is 0.185. The number of halogens is 2. The Labute approximate surface area is 191 Å². The molecule has 1 aliphatic rings. The van der Waals surface area contributed by atoms with Gasteiger partial charge < -0.3 is 20.5 Å². The first kappa shape index (κ1) is 21.3. The molecule has 10 heteroatoms. The Hall–Kier alpha value is -3.55. The lowest BCUT2D eigenvalue weighted by Gasteiger charge is -2.18. The third-order valence-electron chi connectivity index (χ3n) is 5.87. The average molecular weight is 468 g/mol. The average Bonchev–Trinajstić information content (AvgIpc) is 3.37. The second-order valence-corrected chi connectivity index (χ2v) is 8.83. The third-order valence-corrected chi connectivity index (χ3v) is 6.90. The molecule has 3 heterocycles. The number of fused-ring (bicyclic) bond motifs is 2. The fourth-order valence-corrected chi connectivity index (χ4v) is 5.12. The van der Waals surface area contributed by atoms with Gasteiger partial charge in [0, 0.05) is 17.0 Å². The highest BCUT2D eigenvalue weighted by atomic mass is 32.1. The number of anilines is 1. The van der Waals surface area contributed by atoms with Crippen molar-refractivity contribution >= 4 is 37.3 Å². The molecule has 33 heavy (non-hydrogen) atoms. The van der Waals surface area contributed by atoms with Crippen LogP contribution in [-0.2, 0) is 0 Å². The van der Waals surface area contributed by atoms with Crippen molar-refractivity contribution in [2.45, 2.75) is 25.5 Å². The summed E-state index contributed by atoms with van der Waals surface area (Å²) in [4.78, 5) is 8.51. The van der Waals surface area contributed by atoms with Gasteiger partial charge in [0.1, 0.15) is 28.5 Å². The molecule has 1 saturated heterocycles. The molecule has 0 amide bonds. The molecule has 0 spiro atoms. The predicted molar refractivity (Wildman–Crippen MR) is 122 cm³/mol. The Morgan fingerprint density at radius 3 is 2.70 bits per heavy atom. The van der Waals surface area contributed by atoms with Gasteiger partial charge in [-0.05, 0) is 37.6 Å². The zero-order valence-corrected chi connectivity index (χ0v) is 18.6. The summed E-state index contributed by atoms with van der Waals surface area (Å²) in [5.74, 6) is -0.950. The number of ether oxygens (including phenoxy) is 2. The number of nitrogens with two attached hydrogens (primary N) is 1. The molecule has 0 bridgehead atoms. The number of hydrogen-bond acceptors (Lipinski definition) is 8. The fraction of sp³-hybridized carbons (Fsp3) is 0.261. The van der Waals surface area contributed by atoms with Gasteiger partial charge in [-0.3, -0.25) is 0 Å². The van der Waals surface area contributed by atoms with Gasteiger partial charge in [0.2, 0.25) is 5.88 Å². The van der Waals surface area contributed by atoms with Crippen LogP contribution in [0.3, 0.4) is 0 Å². The monoisotopic (exact) mass is 467 g/mol. The van der Waals surface area contributed by atoms with E-state index in [-0.39, 0.29) is 55.8 Å². The molecule has 2 unspecified atom stereocenters. The van der Waals surface area contributed by atoms with Crippen molar-refractivity contribution in [1.29, 1.82) is 5.26 Å². The number of aromatic nitrogens is 2. The van der Waals surface area contributed by atoms with Crippen LogP contribution in [0.2, 0.25) is 0 Å². The molecule has 0 aliphatic carbocycles. The molecule has 4 aromatic rings. The van der Waals surface area contributed by atoms with Crippen LogP contribution in [0.5, 0.6) is 11.9 Å². The quantitative estimate of drug-likeness (QED) is 0.459. The molecule has 2 aromatic carbocycles. The molecular weight excluding hydrogens is 448 g/mol. The molecular formula is C23H19F2N5O2S. The molecule has 1 fully saturated rings. The zero-order valence-electron chi connectivity index (χ0n) is 17.8. The third kappa shape index (κ3) is 3.41. The van der Waals surface area contributed by atoms with E-state index in [4.69, 9.17) is 15.2 Å². The SMILES string of the molecule is COc1nc(OC2CCNC2C)c2ccc(-c3ccc(F)c4sc(N)c(C#N)c34)c(F)c2n1. The van der Waals surface area contributed by atoms with E-state index in [9.17, 15) is 9.65 Å². The van der Waals surface area contributed by atoms with E-state index >= 15 is 4.39 Å². The van der Waals surface area contributed by atoms with Crippen LogP contribution in [0, 0.1) is 23.0 Å². The number of nitriles is 1. The van der Waals surface area contributed by atoms with Gasteiger partial charge in [0.15, 0.2) is 5.82 Å². The summed E-state index contributed by atoms with van der Waals surface area (Å²) >= 11 is 0.961. The maximum Gasteiger partial charge on any atom is 0.320 e. The van der Waals surface area contributed by atoms with E-state index in [1.165, 1.54) is 19.2 Å². The summed E-state index contributed by atoms with van der Waals surface area (Å²) in [5, 5.41) is 13.7. The second kappa shape index (κ2) is 8.10. The highest BCUT2D eigenvalue weighted by molar-refractivity contribution is 7.23. The van der Waals surface area contributed by atoms with Crippen molar-refractivity contribution in [3.63, 3.8) is 0 Å². The van der Waals surface area contributed by atoms with E-state index < -0.39 is 11.6 Å². The summed E-state index contributed by atoms with van der Waals surface area (Å²) in [6.45, 7) is 2.83. The maximum atomic E-state index is 15.9. The Morgan fingerprint density at radius 2 is 2.00 bits per heavy atom. The number of hydrogen-bond donors (Lipinski definition) is 2. The van der Waals surface area contributed by atoms with Gasteiger partial charge in [-0.25, -0.2) is 8.78 Å². The van der Waals surface area contributed by atoms with Gasteiger partial charge in [-0.2, -0.15) is 15.2 Å². The fourth-order valence-electron chi connectivity index (χ4n) is 4.17. The molecule has 168 valence electrons. The molecule has 3 N–H and O–H groups in total. The van der Waals surface area contributed by atoms with Gasteiger partial charge >= 0.3 is 6.01 Å². The first-order chi connectivity index (χ1) is 15.9. The van der Waals surface area contributed by atoms with Crippen molar-refractivity contribution in [2.24, 2.45) is 0 Å². The van der Waals surface area contributed by atoms with Gasteiger partial charge in [-0.1, -0.05) is 12.1 Å². The minimum Gasteiger partial charge on any atom is -0.472 e.